The standard InChI is InChI=1S/C5H8N6O3/c6-2(12)1-14-11-4(13)3-8-5(7)10-9-3/h1H2,(H2,6,12)(H,11,13)(H3,7,8,9,10). The van der Waals surface area contributed by atoms with Gasteiger partial charge >= 0.3 is 5.91 Å². The lowest BCUT2D eigenvalue weighted by Crippen LogP contribution is -2.30. The number of anilines is 1. The Morgan fingerprint density at radius 2 is 2.29 bits per heavy atom. The molecule has 1 heterocycles. The molecule has 1 rings (SSSR count). The number of nitrogens with two attached hydrogens (primary N) is 2. The summed E-state index contributed by atoms with van der Waals surface area (Å²) in [4.78, 5) is 29.2. The first kappa shape index (κ1) is 9.92. The van der Waals surface area contributed by atoms with Crippen molar-refractivity contribution in [3.05, 3.63) is 5.82 Å². The summed E-state index contributed by atoms with van der Waals surface area (Å²) in [6.07, 6.45) is 0. The van der Waals surface area contributed by atoms with E-state index in [4.69, 9.17) is 11.5 Å². The average molecular weight is 200 g/mol. The SMILES string of the molecule is NC(=O)CONC(=O)c1nc(N)n[nH]1. The summed E-state index contributed by atoms with van der Waals surface area (Å²) in [6.45, 7) is -0.421. The van der Waals surface area contributed by atoms with Gasteiger partial charge in [0.05, 0.1) is 0 Å². The molecule has 9 nitrogen and oxygen atoms in total. The lowest BCUT2D eigenvalue weighted by Gasteiger charge is -2.00. The number of carbonyl (C=O) groups is 2. The van der Waals surface area contributed by atoms with Gasteiger partial charge in [0.25, 0.3) is 0 Å². The number of hydrogen-bond donors (Lipinski definition) is 4. The molecule has 6 N–H and O–H groups in total. The first-order chi connectivity index (χ1) is 6.59. The van der Waals surface area contributed by atoms with E-state index in [1.165, 1.54) is 0 Å². The van der Waals surface area contributed by atoms with Crippen molar-refractivity contribution < 1.29 is 14.4 Å². The van der Waals surface area contributed by atoms with Crippen LogP contribution in [-0.2, 0) is 9.63 Å². The van der Waals surface area contributed by atoms with Gasteiger partial charge in [0.1, 0.15) is 0 Å². The van der Waals surface area contributed by atoms with Gasteiger partial charge in [-0.3, -0.25) is 19.5 Å². The third-order valence-electron chi connectivity index (χ3n) is 1.10. The Bertz CT molecular complexity index is 347. The number of nitrogens with one attached hydrogen (secondary N) is 2. The van der Waals surface area contributed by atoms with E-state index in [2.05, 4.69) is 20.0 Å². The summed E-state index contributed by atoms with van der Waals surface area (Å²) >= 11 is 0. The normalized spacial score (nSPS) is 9.71. The second-order valence-corrected chi connectivity index (χ2v) is 2.23. The zero-order chi connectivity index (χ0) is 10.6. The highest BCUT2D eigenvalue weighted by atomic mass is 16.7. The molecule has 0 aromatic carbocycles. The van der Waals surface area contributed by atoms with Crippen molar-refractivity contribution in [1.82, 2.24) is 20.7 Å². The first-order valence-electron chi connectivity index (χ1n) is 3.48. The van der Waals surface area contributed by atoms with Crippen molar-refractivity contribution in [1.29, 1.82) is 0 Å². The minimum absolute atomic E-state index is 0.0648. The Morgan fingerprint density at radius 3 is 2.79 bits per heavy atom. The van der Waals surface area contributed by atoms with E-state index >= 15 is 0 Å². The van der Waals surface area contributed by atoms with Gasteiger partial charge in [-0.15, -0.1) is 5.10 Å². The van der Waals surface area contributed by atoms with Crippen LogP contribution in [0.5, 0.6) is 0 Å². The van der Waals surface area contributed by atoms with Crippen LogP contribution in [0.1, 0.15) is 10.6 Å². The number of hydrogen-bond acceptors (Lipinski definition) is 6. The fourth-order valence-corrected chi connectivity index (χ4v) is 0.597. The van der Waals surface area contributed by atoms with Gasteiger partial charge in [-0.2, -0.15) is 4.98 Å². The number of amides is 2. The number of carbonyl (C=O) groups excluding carboxylic acids is 2. The summed E-state index contributed by atoms with van der Waals surface area (Å²) in [7, 11) is 0. The Balaban J connectivity index is 2.39. The van der Waals surface area contributed by atoms with Crippen LogP contribution in [0.3, 0.4) is 0 Å². The number of aromatic amines is 1. The van der Waals surface area contributed by atoms with Crippen LogP contribution in [0.25, 0.3) is 0 Å². The molecular weight excluding hydrogens is 192 g/mol. The second-order valence-electron chi connectivity index (χ2n) is 2.23. The second kappa shape index (κ2) is 4.18. The highest BCUT2D eigenvalue weighted by Crippen LogP contribution is 1.91. The molecule has 2 amide bonds. The van der Waals surface area contributed by atoms with E-state index < -0.39 is 18.4 Å². The molecule has 0 saturated carbocycles. The van der Waals surface area contributed by atoms with Crippen molar-refractivity contribution >= 4 is 17.8 Å². The van der Waals surface area contributed by atoms with Crippen molar-refractivity contribution in [2.24, 2.45) is 5.73 Å². The van der Waals surface area contributed by atoms with Crippen LogP contribution >= 0.6 is 0 Å². The molecule has 0 bridgehead atoms. The summed E-state index contributed by atoms with van der Waals surface area (Å²) in [5, 5.41) is 5.66. The largest absolute Gasteiger partial charge is 0.368 e. The molecule has 0 aliphatic carbocycles. The Morgan fingerprint density at radius 1 is 1.57 bits per heavy atom. The summed E-state index contributed by atoms with van der Waals surface area (Å²) in [5.41, 5.74) is 11.8. The minimum Gasteiger partial charge on any atom is -0.368 e. The van der Waals surface area contributed by atoms with Crippen molar-refractivity contribution in [2.75, 3.05) is 12.3 Å². The quantitative estimate of drug-likeness (QED) is 0.396. The minimum atomic E-state index is -0.706. The van der Waals surface area contributed by atoms with Crippen LogP contribution in [0.4, 0.5) is 5.95 Å². The third kappa shape index (κ3) is 2.71. The van der Waals surface area contributed by atoms with Gasteiger partial charge in [0.2, 0.25) is 17.7 Å². The summed E-state index contributed by atoms with van der Waals surface area (Å²) in [5.74, 6) is -1.59. The number of nitrogen functional groups attached to an aromatic ring is 1. The molecule has 0 fully saturated rings. The van der Waals surface area contributed by atoms with E-state index in [0.29, 0.717) is 0 Å². The van der Waals surface area contributed by atoms with Gasteiger partial charge in [0, 0.05) is 0 Å². The molecule has 0 unspecified atom stereocenters. The summed E-state index contributed by atoms with van der Waals surface area (Å²) < 4.78 is 0. The fraction of sp³-hybridized carbons (Fsp3) is 0.200. The first-order valence-corrected chi connectivity index (χ1v) is 3.48. The number of hydroxylamine groups is 1. The summed E-state index contributed by atoms with van der Waals surface area (Å²) in [6, 6.07) is 0. The third-order valence-corrected chi connectivity index (χ3v) is 1.10. The zero-order valence-electron chi connectivity index (χ0n) is 6.98. The predicted octanol–water partition coefficient (Wildman–Crippen LogP) is -2.47. The van der Waals surface area contributed by atoms with Gasteiger partial charge in [-0.1, -0.05) is 0 Å². The molecule has 0 saturated heterocycles. The molecule has 76 valence electrons. The highest BCUT2D eigenvalue weighted by molar-refractivity contribution is 5.89. The number of H-pyrrole nitrogens is 1. The Hall–Kier alpha value is -2.16. The lowest BCUT2D eigenvalue weighted by molar-refractivity contribution is -0.124. The maximum Gasteiger partial charge on any atom is 0.312 e. The molecule has 0 radical (unpaired) electrons. The van der Waals surface area contributed by atoms with Gasteiger partial charge in [-0.05, 0) is 0 Å². The highest BCUT2D eigenvalue weighted by Gasteiger charge is 2.10. The number of aromatic nitrogens is 3. The molecule has 0 atom stereocenters. The fourth-order valence-electron chi connectivity index (χ4n) is 0.597. The Kier molecular flexibility index (Phi) is 2.97. The molecule has 1 aromatic heterocycles. The molecule has 0 aliphatic heterocycles. The number of primary amides is 1. The van der Waals surface area contributed by atoms with E-state index in [1.54, 1.807) is 0 Å². The predicted molar refractivity (Wildman–Crippen MR) is 43.4 cm³/mol. The molecule has 0 spiro atoms. The van der Waals surface area contributed by atoms with E-state index in [1.807, 2.05) is 5.48 Å². The van der Waals surface area contributed by atoms with Gasteiger partial charge in [0.15, 0.2) is 6.61 Å². The topological polar surface area (TPSA) is 149 Å². The van der Waals surface area contributed by atoms with Gasteiger partial charge in [-0.25, -0.2) is 5.48 Å². The van der Waals surface area contributed by atoms with Gasteiger partial charge < -0.3 is 11.5 Å². The lowest BCUT2D eigenvalue weighted by atomic mass is 10.6. The molecule has 9 heteroatoms. The Labute approximate surface area is 77.8 Å². The van der Waals surface area contributed by atoms with Crippen LogP contribution in [0.15, 0.2) is 0 Å². The maximum absolute atomic E-state index is 11.1. The van der Waals surface area contributed by atoms with Crippen LogP contribution < -0.4 is 16.9 Å². The van der Waals surface area contributed by atoms with Crippen molar-refractivity contribution in [2.45, 2.75) is 0 Å². The van der Waals surface area contributed by atoms with E-state index in [9.17, 15) is 9.59 Å². The molecule has 1 aromatic rings. The average Bonchev–Trinajstić information content (AvgIpc) is 2.51. The number of rotatable bonds is 4. The maximum atomic E-state index is 11.1. The van der Waals surface area contributed by atoms with E-state index in [0.717, 1.165) is 0 Å². The van der Waals surface area contributed by atoms with E-state index in [-0.39, 0.29) is 11.8 Å². The molecule has 14 heavy (non-hydrogen) atoms. The monoisotopic (exact) mass is 200 g/mol. The van der Waals surface area contributed by atoms with Crippen LogP contribution in [0.2, 0.25) is 0 Å². The zero-order valence-corrected chi connectivity index (χ0v) is 6.98. The molecule has 0 aliphatic rings. The van der Waals surface area contributed by atoms with Crippen molar-refractivity contribution in [3.8, 4) is 0 Å². The molecular formula is C5H8N6O3. The van der Waals surface area contributed by atoms with Crippen LogP contribution in [0, 0.1) is 0 Å². The van der Waals surface area contributed by atoms with Crippen LogP contribution in [-0.4, -0.2) is 33.6 Å². The number of nitrogens with zero attached hydrogens (tertiary/aromatic N) is 2. The van der Waals surface area contributed by atoms with Crippen molar-refractivity contribution in [3.63, 3.8) is 0 Å². The smallest absolute Gasteiger partial charge is 0.312 e.